The minimum atomic E-state index is -3.52. The van der Waals surface area contributed by atoms with Crippen LogP contribution in [0.3, 0.4) is 0 Å². The molecule has 26 heavy (non-hydrogen) atoms. The molecular formula is C20H29N3O2S. The van der Waals surface area contributed by atoms with Crippen LogP contribution in [0.15, 0.2) is 41.4 Å². The van der Waals surface area contributed by atoms with Crippen LogP contribution in [-0.2, 0) is 22.0 Å². The van der Waals surface area contributed by atoms with E-state index in [2.05, 4.69) is 12.0 Å². The number of aromatic nitrogens is 2. The van der Waals surface area contributed by atoms with E-state index >= 15 is 0 Å². The van der Waals surface area contributed by atoms with Crippen molar-refractivity contribution in [2.45, 2.75) is 57.4 Å². The summed E-state index contributed by atoms with van der Waals surface area (Å²) in [4.78, 5) is 0.357. The number of piperidine rings is 1. The van der Waals surface area contributed by atoms with Crippen LogP contribution in [0.25, 0.3) is 0 Å². The largest absolute Gasteiger partial charge is 0.267 e. The Morgan fingerprint density at radius 1 is 1.12 bits per heavy atom. The highest BCUT2D eigenvalue weighted by Gasteiger charge is 2.35. The fourth-order valence-electron chi connectivity index (χ4n) is 3.33. The molecule has 0 radical (unpaired) electrons. The lowest BCUT2D eigenvalue weighted by Crippen LogP contribution is -2.38. The van der Waals surface area contributed by atoms with E-state index in [1.165, 1.54) is 0 Å². The number of sulfonamides is 1. The predicted molar refractivity (Wildman–Crippen MR) is 104 cm³/mol. The first-order valence-corrected chi connectivity index (χ1v) is 10.7. The van der Waals surface area contributed by atoms with E-state index in [1.807, 2.05) is 51.1 Å². The molecule has 2 heterocycles. The number of rotatable bonds is 4. The van der Waals surface area contributed by atoms with E-state index in [4.69, 9.17) is 0 Å². The Morgan fingerprint density at radius 3 is 2.31 bits per heavy atom. The van der Waals surface area contributed by atoms with Crippen molar-refractivity contribution in [2.24, 2.45) is 5.92 Å². The van der Waals surface area contributed by atoms with Crippen LogP contribution in [0, 0.1) is 5.92 Å². The average molecular weight is 376 g/mol. The van der Waals surface area contributed by atoms with Gasteiger partial charge in [-0.3, -0.25) is 4.68 Å². The monoisotopic (exact) mass is 375 g/mol. The van der Waals surface area contributed by atoms with Gasteiger partial charge < -0.3 is 0 Å². The van der Waals surface area contributed by atoms with Gasteiger partial charge in [-0.05, 0) is 24.3 Å². The van der Waals surface area contributed by atoms with Gasteiger partial charge >= 0.3 is 0 Å². The number of hydrogen-bond acceptors (Lipinski definition) is 3. The quantitative estimate of drug-likeness (QED) is 0.820. The fourth-order valence-corrected chi connectivity index (χ4v) is 5.14. The molecule has 1 aromatic carbocycles. The number of nitrogens with zero attached hydrogens (tertiary/aromatic N) is 3. The molecule has 1 saturated heterocycles. The topological polar surface area (TPSA) is 55.2 Å². The molecule has 2 aromatic rings. The standard InChI is InChI=1S/C20H29N3O2S/c1-16-10-12-23(13-11-16)26(24,25)18-15-22(21-19(18)20(2,3)4)14-17-8-6-5-7-9-17/h5-9,15-16H,10-14H2,1-4H3. The van der Waals surface area contributed by atoms with Crippen LogP contribution in [0.1, 0.15) is 51.8 Å². The smallest absolute Gasteiger partial charge is 0.246 e. The van der Waals surface area contributed by atoms with Crippen LogP contribution < -0.4 is 0 Å². The highest BCUT2D eigenvalue weighted by Crippen LogP contribution is 2.31. The van der Waals surface area contributed by atoms with Crippen LogP contribution in [0.2, 0.25) is 0 Å². The Kier molecular flexibility index (Phi) is 5.26. The number of benzene rings is 1. The van der Waals surface area contributed by atoms with Crippen LogP contribution >= 0.6 is 0 Å². The molecule has 1 aliphatic heterocycles. The summed E-state index contributed by atoms with van der Waals surface area (Å²) in [7, 11) is -3.52. The lowest BCUT2D eigenvalue weighted by Gasteiger charge is -2.30. The summed E-state index contributed by atoms with van der Waals surface area (Å²) < 4.78 is 30.0. The highest BCUT2D eigenvalue weighted by molar-refractivity contribution is 7.89. The van der Waals surface area contributed by atoms with Gasteiger partial charge in [-0.2, -0.15) is 9.40 Å². The van der Waals surface area contributed by atoms with Gasteiger partial charge in [0, 0.05) is 24.7 Å². The van der Waals surface area contributed by atoms with Gasteiger partial charge in [-0.25, -0.2) is 8.42 Å². The Balaban J connectivity index is 1.97. The summed E-state index contributed by atoms with van der Waals surface area (Å²) >= 11 is 0. The van der Waals surface area contributed by atoms with Crippen molar-refractivity contribution in [3.8, 4) is 0 Å². The molecule has 6 heteroatoms. The minimum Gasteiger partial charge on any atom is -0.267 e. The molecule has 0 N–H and O–H groups in total. The minimum absolute atomic E-state index is 0.340. The first-order chi connectivity index (χ1) is 12.2. The third kappa shape index (κ3) is 4.01. The third-order valence-electron chi connectivity index (χ3n) is 4.99. The molecule has 0 spiro atoms. The van der Waals surface area contributed by atoms with Crippen molar-refractivity contribution in [3.05, 3.63) is 47.8 Å². The normalized spacial score (nSPS) is 17.5. The Morgan fingerprint density at radius 2 is 1.73 bits per heavy atom. The molecule has 0 unspecified atom stereocenters. The Bertz CT molecular complexity index is 843. The summed E-state index contributed by atoms with van der Waals surface area (Å²) in [5.74, 6) is 0.587. The molecule has 0 aliphatic carbocycles. The maximum atomic E-state index is 13.3. The molecule has 0 amide bonds. The van der Waals surface area contributed by atoms with Gasteiger partial charge in [0.1, 0.15) is 4.90 Å². The van der Waals surface area contributed by atoms with E-state index < -0.39 is 10.0 Å². The van der Waals surface area contributed by atoms with Crippen molar-refractivity contribution in [1.29, 1.82) is 0 Å². The first-order valence-electron chi connectivity index (χ1n) is 9.30. The highest BCUT2D eigenvalue weighted by atomic mass is 32.2. The van der Waals surface area contributed by atoms with Gasteiger partial charge in [0.15, 0.2) is 0 Å². The van der Waals surface area contributed by atoms with Gasteiger partial charge in [0.2, 0.25) is 10.0 Å². The molecule has 0 saturated carbocycles. The van der Waals surface area contributed by atoms with Crippen molar-refractivity contribution in [3.63, 3.8) is 0 Å². The summed E-state index contributed by atoms with van der Waals surface area (Å²) in [5.41, 5.74) is 1.41. The zero-order chi connectivity index (χ0) is 18.9. The van der Waals surface area contributed by atoms with Gasteiger partial charge in [0.05, 0.1) is 12.2 Å². The first kappa shape index (κ1) is 19.1. The van der Waals surface area contributed by atoms with Crippen LogP contribution in [-0.4, -0.2) is 35.6 Å². The van der Waals surface area contributed by atoms with E-state index in [9.17, 15) is 8.42 Å². The molecular weight excluding hydrogens is 346 g/mol. The SMILES string of the molecule is CC1CCN(S(=O)(=O)c2cn(Cc3ccccc3)nc2C(C)(C)C)CC1. The molecule has 3 rings (SSSR count). The predicted octanol–water partition coefficient (Wildman–Crippen LogP) is 3.65. The Labute approximate surface area is 157 Å². The maximum absolute atomic E-state index is 13.3. The second-order valence-electron chi connectivity index (χ2n) is 8.36. The zero-order valence-corrected chi connectivity index (χ0v) is 17.0. The van der Waals surface area contributed by atoms with Crippen LogP contribution in [0.5, 0.6) is 0 Å². The van der Waals surface area contributed by atoms with Gasteiger partial charge in [-0.1, -0.05) is 58.0 Å². The van der Waals surface area contributed by atoms with E-state index in [0.717, 1.165) is 18.4 Å². The Hall–Kier alpha value is -1.66. The van der Waals surface area contributed by atoms with E-state index in [0.29, 0.717) is 36.1 Å². The maximum Gasteiger partial charge on any atom is 0.246 e. The van der Waals surface area contributed by atoms with Crippen molar-refractivity contribution in [1.82, 2.24) is 14.1 Å². The summed E-state index contributed by atoms with van der Waals surface area (Å²) in [6, 6.07) is 9.99. The summed E-state index contributed by atoms with van der Waals surface area (Å²) in [6.45, 7) is 9.98. The third-order valence-corrected chi connectivity index (χ3v) is 6.89. The average Bonchev–Trinajstić information content (AvgIpc) is 3.01. The van der Waals surface area contributed by atoms with E-state index in [-0.39, 0.29) is 5.41 Å². The zero-order valence-electron chi connectivity index (χ0n) is 16.1. The second-order valence-corrected chi connectivity index (χ2v) is 10.3. The molecule has 1 aromatic heterocycles. The summed E-state index contributed by atoms with van der Waals surface area (Å²) in [6.07, 6.45) is 3.55. The van der Waals surface area contributed by atoms with Crippen molar-refractivity contribution >= 4 is 10.0 Å². The second kappa shape index (κ2) is 7.16. The van der Waals surface area contributed by atoms with Crippen LogP contribution in [0.4, 0.5) is 0 Å². The lowest BCUT2D eigenvalue weighted by atomic mass is 9.92. The van der Waals surface area contributed by atoms with Gasteiger partial charge in [-0.15, -0.1) is 0 Å². The van der Waals surface area contributed by atoms with Gasteiger partial charge in [0.25, 0.3) is 0 Å². The molecule has 0 atom stereocenters. The molecule has 1 fully saturated rings. The van der Waals surface area contributed by atoms with E-state index in [1.54, 1.807) is 15.2 Å². The van der Waals surface area contributed by atoms with Crippen molar-refractivity contribution in [2.75, 3.05) is 13.1 Å². The molecule has 1 aliphatic rings. The molecule has 0 bridgehead atoms. The lowest BCUT2D eigenvalue weighted by molar-refractivity contribution is 0.287. The molecule has 142 valence electrons. The number of hydrogen-bond donors (Lipinski definition) is 0. The van der Waals surface area contributed by atoms with Crippen molar-refractivity contribution < 1.29 is 8.42 Å². The fraction of sp³-hybridized carbons (Fsp3) is 0.550. The molecule has 5 nitrogen and oxygen atoms in total. The summed E-state index contributed by atoms with van der Waals surface area (Å²) in [5, 5.41) is 4.66.